The summed E-state index contributed by atoms with van der Waals surface area (Å²) in [6.07, 6.45) is 4.09. The molecule has 24 heavy (non-hydrogen) atoms. The number of benzene rings is 1. The van der Waals surface area contributed by atoms with Crippen LogP contribution in [0.25, 0.3) is 11.0 Å². The molecule has 2 heterocycles. The van der Waals surface area contributed by atoms with Crippen molar-refractivity contribution >= 4 is 28.3 Å². The summed E-state index contributed by atoms with van der Waals surface area (Å²) in [6, 6.07) is 9.78. The highest BCUT2D eigenvalue weighted by atomic mass is 32.1. The molecular weight excluding hydrogens is 322 g/mol. The van der Waals surface area contributed by atoms with Crippen molar-refractivity contribution in [3.8, 4) is 0 Å². The molecule has 0 bridgehead atoms. The Labute approximate surface area is 144 Å². The highest BCUT2D eigenvalue weighted by Crippen LogP contribution is 2.41. The Hall–Kier alpha value is -2.34. The van der Waals surface area contributed by atoms with Crippen molar-refractivity contribution in [2.24, 2.45) is 5.92 Å². The van der Waals surface area contributed by atoms with Crippen molar-refractivity contribution in [2.45, 2.75) is 25.4 Å². The molecule has 4 rings (SSSR count). The zero-order valence-electron chi connectivity index (χ0n) is 13.4. The van der Waals surface area contributed by atoms with Gasteiger partial charge in [-0.05, 0) is 30.9 Å². The molecule has 0 radical (unpaired) electrons. The number of nitrogens with one attached hydrogen (secondary N) is 1. The fourth-order valence-corrected chi connectivity index (χ4v) is 3.64. The van der Waals surface area contributed by atoms with Crippen LogP contribution < -0.4 is 5.32 Å². The molecule has 2 amide bonds. The fourth-order valence-electron chi connectivity index (χ4n) is 2.86. The van der Waals surface area contributed by atoms with E-state index in [9.17, 15) is 4.79 Å². The molecule has 1 fully saturated rings. The molecule has 1 unspecified atom stereocenters. The zero-order chi connectivity index (χ0) is 16.5. The van der Waals surface area contributed by atoms with Crippen LogP contribution in [0.4, 0.5) is 4.79 Å². The topological polar surface area (TPSA) is 58.4 Å². The molecule has 5 nitrogen and oxygen atoms in total. The van der Waals surface area contributed by atoms with E-state index in [1.807, 2.05) is 35.7 Å². The molecule has 1 aliphatic carbocycles. The summed E-state index contributed by atoms with van der Waals surface area (Å²) in [5.41, 5.74) is 0.847. The number of amides is 2. The van der Waals surface area contributed by atoms with Gasteiger partial charge in [0, 0.05) is 24.0 Å². The first-order valence-electron chi connectivity index (χ1n) is 8.09. The van der Waals surface area contributed by atoms with E-state index in [4.69, 9.17) is 4.42 Å². The summed E-state index contributed by atoms with van der Waals surface area (Å²) in [5.74, 6) is 1.30. The standard InChI is InChI=1S/C18H19N3O2S/c1-21(11-14-10-13-4-2-3-5-15(13)23-14)18(22)20-16(12-6-7-12)17-19-8-9-24-17/h2-5,8-10,12,16H,6-7,11H2,1H3,(H,20,22). The van der Waals surface area contributed by atoms with Crippen LogP contribution in [0.2, 0.25) is 0 Å². The van der Waals surface area contributed by atoms with Gasteiger partial charge in [-0.3, -0.25) is 0 Å². The number of hydrogen-bond donors (Lipinski definition) is 1. The van der Waals surface area contributed by atoms with Crippen LogP contribution in [0.5, 0.6) is 0 Å². The van der Waals surface area contributed by atoms with Crippen molar-refractivity contribution in [2.75, 3.05) is 7.05 Å². The Morgan fingerprint density at radius 1 is 1.46 bits per heavy atom. The Kier molecular flexibility index (Phi) is 3.98. The van der Waals surface area contributed by atoms with Crippen LogP contribution in [-0.4, -0.2) is 23.0 Å². The minimum Gasteiger partial charge on any atom is -0.459 e. The third-order valence-electron chi connectivity index (χ3n) is 4.31. The highest BCUT2D eigenvalue weighted by Gasteiger charge is 2.35. The summed E-state index contributed by atoms with van der Waals surface area (Å²) >= 11 is 1.60. The van der Waals surface area contributed by atoms with E-state index in [2.05, 4.69) is 10.3 Å². The van der Waals surface area contributed by atoms with Gasteiger partial charge in [0.2, 0.25) is 0 Å². The van der Waals surface area contributed by atoms with E-state index >= 15 is 0 Å². The number of carbonyl (C=O) groups is 1. The largest absolute Gasteiger partial charge is 0.459 e. The predicted molar refractivity (Wildman–Crippen MR) is 93.8 cm³/mol. The van der Waals surface area contributed by atoms with Crippen LogP contribution in [0.1, 0.15) is 29.7 Å². The van der Waals surface area contributed by atoms with E-state index in [1.165, 1.54) is 0 Å². The van der Waals surface area contributed by atoms with Crippen LogP contribution in [0.15, 0.2) is 46.3 Å². The molecular formula is C18H19N3O2S. The Morgan fingerprint density at radius 3 is 3.00 bits per heavy atom. The maximum Gasteiger partial charge on any atom is 0.318 e. The first-order valence-corrected chi connectivity index (χ1v) is 8.97. The van der Waals surface area contributed by atoms with Crippen molar-refractivity contribution < 1.29 is 9.21 Å². The smallest absolute Gasteiger partial charge is 0.318 e. The van der Waals surface area contributed by atoms with Gasteiger partial charge < -0.3 is 14.6 Å². The van der Waals surface area contributed by atoms with Gasteiger partial charge in [-0.2, -0.15) is 0 Å². The van der Waals surface area contributed by atoms with Crippen LogP contribution in [0, 0.1) is 5.92 Å². The normalized spacial score (nSPS) is 15.4. The van der Waals surface area contributed by atoms with Gasteiger partial charge in [-0.25, -0.2) is 9.78 Å². The molecule has 124 valence electrons. The second-order valence-corrected chi connectivity index (χ2v) is 7.17. The predicted octanol–water partition coefficient (Wildman–Crippen LogP) is 4.18. The second kappa shape index (κ2) is 6.28. The van der Waals surface area contributed by atoms with Crippen LogP contribution in [-0.2, 0) is 6.54 Å². The average molecular weight is 341 g/mol. The zero-order valence-corrected chi connectivity index (χ0v) is 14.3. The van der Waals surface area contributed by atoms with Crippen molar-refractivity contribution in [3.63, 3.8) is 0 Å². The number of para-hydroxylation sites is 1. The molecule has 6 heteroatoms. The van der Waals surface area contributed by atoms with Crippen molar-refractivity contribution in [3.05, 3.63) is 52.7 Å². The monoisotopic (exact) mass is 341 g/mol. The number of aromatic nitrogens is 1. The van der Waals surface area contributed by atoms with E-state index in [-0.39, 0.29) is 12.1 Å². The van der Waals surface area contributed by atoms with Crippen LogP contribution >= 0.6 is 11.3 Å². The molecule has 0 saturated heterocycles. The quantitative estimate of drug-likeness (QED) is 0.757. The summed E-state index contributed by atoms with van der Waals surface area (Å²) in [7, 11) is 1.79. The number of carbonyl (C=O) groups excluding carboxylic acids is 1. The fraction of sp³-hybridized carbons (Fsp3) is 0.333. The average Bonchev–Trinajstić information content (AvgIpc) is 3.11. The lowest BCUT2D eigenvalue weighted by Gasteiger charge is -2.21. The summed E-state index contributed by atoms with van der Waals surface area (Å²) in [6.45, 7) is 0.440. The Balaban J connectivity index is 1.43. The first kappa shape index (κ1) is 15.2. The molecule has 1 N–H and O–H groups in total. The Morgan fingerprint density at radius 2 is 2.29 bits per heavy atom. The van der Waals surface area contributed by atoms with Gasteiger partial charge in [0.1, 0.15) is 16.4 Å². The van der Waals surface area contributed by atoms with Crippen LogP contribution in [0.3, 0.4) is 0 Å². The SMILES string of the molecule is CN(Cc1cc2ccccc2o1)C(=O)NC(c1nccs1)C1CC1. The molecule has 0 aliphatic heterocycles. The van der Waals surface area contributed by atoms with Gasteiger partial charge in [-0.1, -0.05) is 18.2 Å². The number of rotatable bonds is 5. The second-order valence-electron chi connectivity index (χ2n) is 6.24. The van der Waals surface area contributed by atoms with Gasteiger partial charge >= 0.3 is 6.03 Å². The molecule has 1 aromatic carbocycles. The van der Waals surface area contributed by atoms with Crippen molar-refractivity contribution in [1.82, 2.24) is 15.2 Å². The first-order chi connectivity index (χ1) is 11.7. The number of furan rings is 1. The highest BCUT2D eigenvalue weighted by molar-refractivity contribution is 7.09. The minimum atomic E-state index is -0.0949. The number of nitrogens with zero attached hydrogens (tertiary/aromatic N) is 2. The lowest BCUT2D eigenvalue weighted by Crippen LogP contribution is -2.39. The third-order valence-corrected chi connectivity index (χ3v) is 5.16. The lowest BCUT2D eigenvalue weighted by atomic mass is 10.2. The summed E-state index contributed by atoms with van der Waals surface area (Å²) < 4.78 is 5.79. The molecule has 1 aliphatic rings. The number of thiazole rings is 1. The van der Waals surface area contributed by atoms with Gasteiger partial charge in [0.05, 0.1) is 12.6 Å². The van der Waals surface area contributed by atoms with E-state index in [1.54, 1.807) is 29.5 Å². The van der Waals surface area contributed by atoms with E-state index in [0.717, 1.165) is 34.6 Å². The molecule has 1 atom stereocenters. The maximum atomic E-state index is 12.6. The van der Waals surface area contributed by atoms with Gasteiger partial charge in [0.15, 0.2) is 0 Å². The van der Waals surface area contributed by atoms with Gasteiger partial charge in [-0.15, -0.1) is 11.3 Å². The summed E-state index contributed by atoms with van der Waals surface area (Å²) in [5, 5.41) is 7.13. The number of hydrogen-bond acceptors (Lipinski definition) is 4. The van der Waals surface area contributed by atoms with Gasteiger partial charge in [0.25, 0.3) is 0 Å². The minimum absolute atomic E-state index is 0.0237. The number of urea groups is 1. The maximum absolute atomic E-state index is 12.6. The van der Waals surface area contributed by atoms with E-state index in [0.29, 0.717) is 12.5 Å². The molecule has 2 aromatic heterocycles. The molecule has 1 saturated carbocycles. The Bertz CT molecular complexity index is 806. The molecule has 0 spiro atoms. The third kappa shape index (κ3) is 3.14. The summed E-state index contributed by atoms with van der Waals surface area (Å²) in [4.78, 5) is 18.6. The lowest BCUT2D eigenvalue weighted by molar-refractivity contribution is 0.197. The molecule has 3 aromatic rings. The van der Waals surface area contributed by atoms with E-state index < -0.39 is 0 Å². The van der Waals surface area contributed by atoms with Crippen molar-refractivity contribution in [1.29, 1.82) is 0 Å². The number of fused-ring (bicyclic) bond motifs is 1.